The smallest absolute Gasteiger partial charge is 0.337 e. The van der Waals surface area contributed by atoms with Crippen molar-refractivity contribution >= 4 is 39.1 Å². The summed E-state index contributed by atoms with van der Waals surface area (Å²) in [6, 6.07) is 22.9. The Labute approximate surface area is 267 Å². The van der Waals surface area contributed by atoms with Crippen LogP contribution in [0.25, 0.3) is 33.1 Å². The van der Waals surface area contributed by atoms with Gasteiger partial charge in [0.05, 0.1) is 11.1 Å². The van der Waals surface area contributed by atoms with Crippen molar-refractivity contribution in [3.8, 4) is 11.4 Å². The summed E-state index contributed by atoms with van der Waals surface area (Å²) in [7, 11) is 0. The molecular weight excluding hydrogens is 558 g/mol. The van der Waals surface area contributed by atoms with Crippen molar-refractivity contribution in [3.63, 3.8) is 0 Å². The molecule has 5 rings (SSSR count). The van der Waals surface area contributed by atoms with Gasteiger partial charge in [-0.2, -0.15) is 0 Å². The fourth-order valence-electron chi connectivity index (χ4n) is 5.49. The fourth-order valence-corrected chi connectivity index (χ4v) is 5.49. The highest BCUT2D eigenvalue weighted by Crippen LogP contribution is 2.30. The van der Waals surface area contributed by atoms with Crippen LogP contribution in [0.15, 0.2) is 66.7 Å². The number of aromatic nitrogens is 2. The van der Waals surface area contributed by atoms with Gasteiger partial charge in [0.1, 0.15) is 5.82 Å². The molecule has 7 nitrogen and oxygen atoms in total. The highest BCUT2D eigenvalue weighted by atomic mass is 16.4. The van der Waals surface area contributed by atoms with Gasteiger partial charge in [0.15, 0.2) is 5.82 Å². The van der Waals surface area contributed by atoms with Crippen molar-refractivity contribution in [3.05, 3.63) is 94.5 Å². The number of hydrogen-bond donors (Lipinski definition) is 3. The monoisotopic (exact) mass is 605 g/mol. The van der Waals surface area contributed by atoms with Crippen LogP contribution in [0.2, 0.25) is 0 Å². The quantitative estimate of drug-likeness (QED) is 0.137. The molecule has 0 spiro atoms. The molecule has 0 saturated heterocycles. The Morgan fingerprint density at radius 3 is 2.24 bits per heavy atom. The largest absolute Gasteiger partial charge is 0.478 e. The number of fused-ring (bicyclic) bond motifs is 2. The average Bonchev–Trinajstić information content (AvgIpc) is 3.03. The summed E-state index contributed by atoms with van der Waals surface area (Å²) in [5.41, 5.74) is 12.6. The number of nitrogen functional groups attached to an aromatic ring is 1. The van der Waals surface area contributed by atoms with Gasteiger partial charge in [-0.3, -0.25) is 0 Å². The van der Waals surface area contributed by atoms with Gasteiger partial charge in [-0.25, -0.2) is 14.8 Å². The first-order chi connectivity index (χ1) is 21.5. The first-order valence-corrected chi connectivity index (χ1v) is 15.9. The molecule has 0 bridgehead atoms. The third kappa shape index (κ3) is 7.97. The highest BCUT2D eigenvalue weighted by Gasteiger charge is 2.15. The van der Waals surface area contributed by atoms with Gasteiger partial charge in [-0.15, -0.1) is 0 Å². The molecule has 4 N–H and O–H groups in total. The van der Waals surface area contributed by atoms with Crippen molar-refractivity contribution in [2.45, 2.75) is 67.3 Å². The number of nitrogens with zero attached hydrogens (tertiary/aromatic N) is 3. The number of nitrogens with two attached hydrogens (primary N) is 1. The maximum absolute atomic E-state index is 10.6. The summed E-state index contributed by atoms with van der Waals surface area (Å²) < 4.78 is 0. The fraction of sp³-hybridized carbons (Fsp3) is 0.342. The number of carbonyl (C=O) groups is 1. The van der Waals surface area contributed by atoms with Crippen molar-refractivity contribution in [1.29, 1.82) is 0 Å². The van der Waals surface area contributed by atoms with E-state index < -0.39 is 5.97 Å². The Morgan fingerprint density at radius 1 is 0.889 bits per heavy atom. The van der Waals surface area contributed by atoms with Crippen LogP contribution >= 0.6 is 0 Å². The van der Waals surface area contributed by atoms with Gasteiger partial charge < -0.3 is 21.1 Å². The van der Waals surface area contributed by atoms with Crippen molar-refractivity contribution < 1.29 is 9.90 Å². The summed E-state index contributed by atoms with van der Waals surface area (Å²) in [5.74, 6) is 0.733. The second kappa shape index (κ2) is 15.0. The maximum atomic E-state index is 10.6. The number of hydrogen-bond acceptors (Lipinski definition) is 6. The van der Waals surface area contributed by atoms with Gasteiger partial charge in [-0.1, -0.05) is 62.4 Å². The van der Waals surface area contributed by atoms with E-state index in [0.29, 0.717) is 11.7 Å². The van der Waals surface area contributed by atoms with Crippen LogP contribution in [0.4, 0.5) is 11.5 Å². The number of rotatable bonds is 10. The molecule has 5 aromatic rings. The predicted molar refractivity (Wildman–Crippen MR) is 189 cm³/mol. The number of nitrogens with one attached hydrogen (secondary N) is 1. The number of benzene rings is 4. The number of carboxylic acids is 1. The number of anilines is 2. The van der Waals surface area contributed by atoms with E-state index in [0.717, 1.165) is 65.3 Å². The SMILES string of the molecule is CCN(CC)CCCC(C)Nc1nc(-c2ccc3ccccc3c2)nc2c(C)c(C)ccc12.Cc1ccc(C(=O)O)c(N)c1C. The van der Waals surface area contributed by atoms with Crippen molar-refractivity contribution in [1.82, 2.24) is 14.9 Å². The van der Waals surface area contributed by atoms with Crippen LogP contribution in [0.1, 0.15) is 66.2 Å². The standard InChI is InChI=1S/C29H36N4.C9H11NO2/c1-6-33(7-2)18-10-11-21(4)30-29-26-17-14-20(3)22(5)27(26)31-28(32-29)25-16-15-23-12-8-9-13-24(23)19-25;1-5-3-4-7(9(11)12)8(10)6(5)2/h8-9,12-17,19,21H,6-7,10-11,18H2,1-5H3,(H,30,31,32);3-4H,10H2,1-2H3,(H,11,12). The molecule has 0 aliphatic rings. The summed E-state index contributed by atoms with van der Waals surface area (Å²) >= 11 is 0. The van der Waals surface area contributed by atoms with E-state index in [9.17, 15) is 4.79 Å². The molecule has 1 atom stereocenters. The molecule has 236 valence electrons. The molecule has 1 aromatic heterocycles. The highest BCUT2D eigenvalue weighted by molar-refractivity contribution is 5.95. The third-order valence-corrected chi connectivity index (χ3v) is 8.81. The van der Waals surface area contributed by atoms with E-state index in [1.165, 1.54) is 34.4 Å². The number of aromatic carboxylic acids is 1. The lowest BCUT2D eigenvalue weighted by atomic mass is 10.0. The number of carboxylic acid groups (broad SMARTS) is 1. The van der Waals surface area contributed by atoms with E-state index in [4.69, 9.17) is 20.8 Å². The predicted octanol–water partition coefficient (Wildman–Crippen LogP) is 8.57. The third-order valence-electron chi connectivity index (χ3n) is 8.81. The summed E-state index contributed by atoms with van der Waals surface area (Å²) in [6.45, 7) is 18.1. The van der Waals surface area contributed by atoms with Crippen molar-refractivity contribution in [2.75, 3.05) is 30.7 Å². The molecule has 45 heavy (non-hydrogen) atoms. The van der Waals surface area contributed by atoms with Crippen LogP contribution in [0, 0.1) is 27.7 Å². The van der Waals surface area contributed by atoms with Gasteiger partial charge >= 0.3 is 5.97 Å². The van der Waals surface area contributed by atoms with E-state index >= 15 is 0 Å². The van der Waals surface area contributed by atoms with E-state index in [1.807, 2.05) is 13.8 Å². The Balaban J connectivity index is 0.000000323. The lowest BCUT2D eigenvalue weighted by Gasteiger charge is -2.21. The zero-order chi connectivity index (χ0) is 32.7. The van der Waals surface area contributed by atoms with Crippen LogP contribution < -0.4 is 11.1 Å². The molecule has 7 heteroatoms. The normalized spacial score (nSPS) is 11.8. The minimum Gasteiger partial charge on any atom is -0.478 e. The van der Waals surface area contributed by atoms with E-state index in [-0.39, 0.29) is 5.56 Å². The van der Waals surface area contributed by atoms with Crippen LogP contribution in [0.3, 0.4) is 0 Å². The molecule has 0 aliphatic heterocycles. The van der Waals surface area contributed by atoms with Gasteiger partial charge in [-0.05, 0) is 118 Å². The molecule has 0 aliphatic carbocycles. The van der Waals surface area contributed by atoms with Crippen LogP contribution in [-0.4, -0.2) is 51.6 Å². The maximum Gasteiger partial charge on any atom is 0.337 e. The molecule has 0 radical (unpaired) electrons. The van der Waals surface area contributed by atoms with Crippen LogP contribution in [-0.2, 0) is 0 Å². The first kappa shape index (κ1) is 33.4. The lowest BCUT2D eigenvalue weighted by Crippen LogP contribution is -2.25. The van der Waals surface area contributed by atoms with Crippen molar-refractivity contribution in [2.24, 2.45) is 0 Å². The molecule has 1 unspecified atom stereocenters. The van der Waals surface area contributed by atoms with Gasteiger partial charge in [0.2, 0.25) is 0 Å². The lowest BCUT2D eigenvalue weighted by molar-refractivity contribution is 0.0698. The summed E-state index contributed by atoms with van der Waals surface area (Å²) in [5, 5.41) is 16.0. The Kier molecular flexibility index (Phi) is 11.1. The summed E-state index contributed by atoms with van der Waals surface area (Å²) in [6.07, 6.45) is 2.28. The Morgan fingerprint density at radius 2 is 1.56 bits per heavy atom. The second-order valence-corrected chi connectivity index (χ2v) is 11.8. The molecule has 0 amide bonds. The molecule has 1 heterocycles. The van der Waals surface area contributed by atoms with Gasteiger partial charge in [0, 0.05) is 22.7 Å². The molecule has 0 fully saturated rings. The zero-order valence-corrected chi connectivity index (χ0v) is 27.7. The first-order valence-electron chi connectivity index (χ1n) is 15.9. The molecular formula is C38H47N5O2. The van der Waals surface area contributed by atoms with Crippen LogP contribution in [0.5, 0.6) is 0 Å². The molecule has 0 saturated carbocycles. The Bertz CT molecular complexity index is 1800. The topological polar surface area (TPSA) is 104 Å². The number of aryl methyl sites for hydroxylation is 3. The molecule has 4 aromatic carbocycles. The zero-order valence-electron chi connectivity index (χ0n) is 27.7. The average molecular weight is 606 g/mol. The van der Waals surface area contributed by atoms with E-state index in [1.54, 1.807) is 6.07 Å². The Hall–Kier alpha value is -4.49. The summed E-state index contributed by atoms with van der Waals surface area (Å²) in [4.78, 5) is 23.2. The minimum atomic E-state index is -0.976. The van der Waals surface area contributed by atoms with Gasteiger partial charge in [0.25, 0.3) is 0 Å². The van der Waals surface area contributed by atoms with E-state index in [2.05, 4.69) is 99.4 Å². The second-order valence-electron chi connectivity index (χ2n) is 11.8. The minimum absolute atomic E-state index is 0.179.